The topological polar surface area (TPSA) is 12.4 Å². The zero-order chi connectivity index (χ0) is 8.39. The Morgan fingerprint density at radius 2 is 2.17 bits per heavy atom. The summed E-state index contributed by atoms with van der Waals surface area (Å²) in [7, 11) is 0. The summed E-state index contributed by atoms with van der Waals surface area (Å²) in [5.41, 5.74) is 2.38. The summed E-state index contributed by atoms with van der Waals surface area (Å²) in [5.74, 6) is 1.16. The van der Waals surface area contributed by atoms with E-state index < -0.39 is 0 Å². The molecule has 1 aliphatic heterocycles. The molecule has 0 saturated carbocycles. The van der Waals surface area contributed by atoms with Gasteiger partial charge in [0.15, 0.2) is 0 Å². The average Bonchev–Trinajstić information content (AvgIpc) is 2.25. The Morgan fingerprint density at radius 1 is 1.33 bits per heavy atom. The number of para-hydroxylation sites is 1. The monoisotopic (exact) mass is 177 g/mol. The van der Waals surface area contributed by atoms with E-state index in [0.717, 1.165) is 17.9 Å². The summed E-state index contributed by atoms with van der Waals surface area (Å²) >= 11 is 1.90. The van der Waals surface area contributed by atoms with E-state index >= 15 is 0 Å². The molecule has 0 aromatic heterocycles. The van der Waals surface area contributed by atoms with Gasteiger partial charge < -0.3 is 0 Å². The van der Waals surface area contributed by atoms with Gasteiger partial charge in [-0.1, -0.05) is 12.1 Å². The molecule has 0 saturated heterocycles. The van der Waals surface area contributed by atoms with E-state index in [1.54, 1.807) is 0 Å². The van der Waals surface area contributed by atoms with Crippen LogP contribution in [0, 0.1) is 0 Å². The fourth-order valence-corrected chi connectivity index (χ4v) is 2.30. The maximum Gasteiger partial charge on any atom is 0.0764 e. The van der Waals surface area contributed by atoms with Crippen LogP contribution in [-0.4, -0.2) is 11.5 Å². The summed E-state index contributed by atoms with van der Waals surface area (Å²) in [6, 6.07) is 8.34. The molecule has 0 atom stereocenters. The number of rotatable bonds is 0. The molecule has 0 fully saturated rings. The van der Waals surface area contributed by atoms with Crippen molar-refractivity contribution in [2.24, 2.45) is 4.99 Å². The summed E-state index contributed by atoms with van der Waals surface area (Å²) < 4.78 is 0. The molecule has 1 heterocycles. The van der Waals surface area contributed by atoms with Gasteiger partial charge in [-0.05, 0) is 25.5 Å². The van der Waals surface area contributed by atoms with Gasteiger partial charge in [-0.2, -0.15) is 0 Å². The number of fused-ring (bicyclic) bond motifs is 1. The van der Waals surface area contributed by atoms with Crippen LogP contribution in [0.3, 0.4) is 0 Å². The summed E-state index contributed by atoms with van der Waals surface area (Å²) in [5, 5.41) is 0. The molecule has 1 aliphatic rings. The maximum atomic E-state index is 4.54. The molecule has 1 nitrogen and oxygen atoms in total. The fraction of sp³-hybridized carbons (Fsp3) is 0.300. The van der Waals surface area contributed by atoms with Gasteiger partial charge >= 0.3 is 0 Å². The SMILES string of the molecule is CC1=Nc2ccccc2SCC1. The molecule has 0 bridgehead atoms. The van der Waals surface area contributed by atoms with Crippen molar-refractivity contribution in [1.82, 2.24) is 0 Å². The van der Waals surface area contributed by atoms with Gasteiger partial charge in [0.2, 0.25) is 0 Å². The number of aliphatic imine (C=N–C) groups is 1. The zero-order valence-corrected chi connectivity index (χ0v) is 7.90. The van der Waals surface area contributed by atoms with E-state index in [9.17, 15) is 0 Å². The lowest BCUT2D eigenvalue weighted by atomic mass is 10.3. The second-order valence-electron chi connectivity index (χ2n) is 2.91. The molecule has 0 spiro atoms. The van der Waals surface area contributed by atoms with Gasteiger partial charge in [-0.15, -0.1) is 11.8 Å². The summed E-state index contributed by atoms with van der Waals surface area (Å²) in [4.78, 5) is 5.85. The first-order valence-electron chi connectivity index (χ1n) is 4.12. The first-order chi connectivity index (χ1) is 5.86. The standard InChI is InChI=1S/C10H11NS/c1-8-6-7-12-10-5-3-2-4-9(10)11-8/h2-5H,6-7H2,1H3. The predicted octanol–water partition coefficient (Wildman–Crippen LogP) is 3.27. The molecule has 0 aliphatic carbocycles. The number of nitrogens with zero attached hydrogens (tertiary/aromatic N) is 1. The van der Waals surface area contributed by atoms with Gasteiger partial charge in [-0.3, -0.25) is 4.99 Å². The molecule has 0 N–H and O–H groups in total. The van der Waals surface area contributed by atoms with E-state index in [2.05, 4.69) is 30.1 Å². The minimum atomic E-state index is 1.11. The minimum absolute atomic E-state index is 1.11. The van der Waals surface area contributed by atoms with Crippen molar-refractivity contribution in [3.63, 3.8) is 0 Å². The van der Waals surface area contributed by atoms with Crippen LogP contribution in [0.5, 0.6) is 0 Å². The predicted molar refractivity (Wildman–Crippen MR) is 54.6 cm³/mol. The fourth-order valence-electron chi connectivity index (χ4n) is 1.24. The summed E-state index contributed by atoms with van der Waals surface area (Å²) in [6.07, 6.45) is 1.11. The molecular formula is C10H11NS. The van der Waals surface area contributed by atoms with E-state index in [1.165, 1.54) is 10.6 Å². The smallest absolute Gasteiger partial charge is 0.0764 e. The Bertz CT molecular complexity index is 317. The lowest BCUT2D eigenvalue weighted by Gasteiger charge is -1.99. The first-order valence-corrected chi connectivity index (χ1v) is 5.11. The highest BCUT2D eigenvalue weighted by Gasteiger charge is 2.06. The highest BCUT2D eigenvalue weighted by molar-refractivity contribution is 7.99. The number of thioether (sulfide) groups is 1. The van der Waals surface area contributed by atoms with Gasteiger partial charge in [0.25, 0.3) is 0 Å². The van der Waals surface area contributed by atoms with Crippen molar-refractivity contribution >= 4 is 23.2 Å². The Balaban J connectivity index is 2.47. The van der Waals surface area contributed by atoms with Crippen LogP contribution in [0.1, 0.15) is 13.3 Å². The van der Waals surface area contributed by atoms with E-state index in [-0.39, 0.29) is 0 Å². The van der Waals surface area contributed by atoms with Gasteiger partial charge in [-0.25, -0.2) is 0 Å². The van der Waals surface area contributed by atoms with Crippen LogP contribution >= 0.6 is 11.8 Å². The van der Waals surface area contributed by atoms with Crippen molar-refractivity contribution in [2.45, 2.75) is 18.2 Å². The molecule has 2 heteroatoms. The number of hydrogen-bond acceptors (Lipinski definition) is 2. The Hall–Kier alpha value is -0.760. The van der Waals surface area contributed by atoms with Crippen molar-refractivity contribution in [2.75, 3.05) is 5.75 Å². The molecule has 12 heavy (non-hydrogen) atoms. The Labute approximate surface area is 76.9 Å². The quantitative estimate of drug-likeness (QED) is 0.592. The number of hydrogen-bond donors (Lipinski definition) is 0. The van der Waals surface area contributed by atoms with Crippen LogP contribution in [0.25, 0.3) is 0 Å². The van der Waals surface area contributed by atoms with Crippen molar-refractivity contribution in [3.05, 3.63) is 24.3 Å². The van der Waals surface area contributed by atoms with E-state index in [1.807, 2.05) is 17.8 Å². The van der Waals surface area contributed by atoms with Crippen LogP contribution in [0.4, 0.5) is 5.69 Å². The molecule has 0 amide bonds. The third-order valence-electron chi connectivity index (χ3n) is 1.90. The summed E-state index contributed by atoms with van der Waals surface area (Å²) in [6.45, 7) is 2.10. The Morgan fingerprint density at radius 3 is 3.08 bits per heavy atom. The highest BCUT2D eigenvalue weighted by atomic mass is 32.2. The minimum Gasteiger partial charge on any atom is -0.257 e. The second kappa shape index (κ2) is 3.31. The molecule has 1 aromatic carbocycles. The molecular weight excluding hydrogens is 166 g/mol. The van der Waals surface area contributed by atoms with Crippen LogP contribution in [0.2, 0.25) is 0 Å². The van der Waals surface area contributed by atoms with Crippen LogP contribution in [0.15, 0.2) is 34.2 Å². The second-order valence-corrected chi connectivity index (χ2v) is 4.05. The zero-order valence-electron chi connectivity index (χ0n) is 7.08. The van der Waals surface area contributed by atoms with Crippen LogP contribution in [-0.2, 0) is 0 Å². The first kappa shape index (κ1) is 7.87. The Kier molecular flexibility index (Phi) is 2.17. The number of benzene rings is 1. The molecule has 0 unspecified atom stereocenters. The largest absolute Gasteiger partial charge is 0.257 e. The van der Waals surface area contributed by atoms with Crippen molar-refractivity contribution in [3.8, 4) is 0 Å². The van der Waals surface area contributed by atoms with Gasteiger partial charge in [0.1, 0.15) is 0 Å². The highest BCUT2D eigenvalue weighted by Crippen LogP contribution is 2.32. The molecule has 0 radical (unpaired) electrons. The van der Waals surface area contributed by atoms with Crippen molar-refractivity contribution in [1.29, 1.82) is 0 Å². The lowest BCUT2D eigenvalue weighted by Crippen LogP contribution is -1.89. The van der Waals surface area contributed by atoms with Crippen molar-refractivity contribution < 1.29 is 0 Å². The third kappa shape index (κ3) is 1.53. The third-order valence-corrected chi connectivity index (χ3v) is 2.96. The van der Waals surface area contributed by atoms with E-state index in [0.29, 0.717) is 0 Å². The molecule has 62 valence electrons. The van der Waals surface area contributed by atoms with Crippen LogP contribution < -0.4 is 0 Å². The van der Waals surface area contributed by atoms with Gasteiger partial charge in [0.05, 0.1) is 5.69 Å². The normalized spacial score (nSPS) is 16.2. The molecule has 1 aromatic rings. The maximum absolute atomic E-state index is 4.54. The molecule has 2 rings (SSSR count). The van der Waals surface area contributed by atoms with E-state index in [4.69, 9.17) is 0 Å². The lowest BCUT2D eigenvalue weighted by molar-refractivity contribution is 1.28. The average molecular weight is 177 g/mol. The van der Waals surface area contributed by atoms with Gasteiger partial charge in [0, 0.05) is 16.4 Å².